The Morgan fingerprint density at radius 3 is 2.35 bits per heavy atom. The van der Waals surface area contributed by atoms with Crippen molar-refractivity contribution in [1.29, 1.82) is 0 Å². The van der Waals surface area contributed by atoms with E-state index in [1.807, 2.05) is 22.6 Å². The average Bonchev–Trinajstić information content (AvgIpc) is 2.89. The Balaban J connectivity index is 1.72. The number of carbonyl (C=O) groups is 3. The first-order valence-corrected chi connectivity index (χ1v) is 12.9. The zero-order chi connectivity index (χ0) is 29.3. The van der Waals surface area contributed by atoms with Gasteiger partial charge in [-0.05, 0) is 83.1 Å². The second kappa shape index (κ2) is 11.4. The Morgan fingerprint density at radius 1 is 1.00 bits per heavy atom. The summed E-state index contributed by atoms with van der Waals surface area (Å²) >= 11 is 5.23. The average molecular weight is 723 g/mol. The largest absolute Gasteiger partial charge is 0.493 e. The van der Waals surface area contributed by atoms with Gasteiger partial charge in [0.1, 0.15) is 5.57 Å². The van der Waals surface area contributed by atoms with Crippen LogP contribution in [0.15, 0.2) is 58.6 Å². The molecule has 0 atom stereocenters. The molecule has 204 valence electrons. The van der Waals surface area contributed by atoms with Crippen molar-refractivity contribution in [2.24, 2.45) is 0 Å². The van der Waals surface area contributed by atoms with E-state index in [1.54, 1.807) is 25.1 Å². The molecule has 1 fully saturated rings. The summed E-state index contributed by atoms with van der Waals surface area (Å²) in [6.45, 7) is 1.78. The Labute approximate surface area is 247 Å². The van der Waals surface area contributed by atoms with Crippen molar-refractivity contribution in [2.75, 3.05) is 12.0 Å². The van der Waals surface area contributed by atoms with Gasteiger partial charge in [-0.25, -0.2) is 9.69 Å². The molecule has 0 aromatic heterocycles. The molecule has 1 heterocycles. The number of nitrogens with zero attached hydrogens (tertiary/aromatic N) is 3. The predicted molar refractivity (Wildman–Crippen MR) is 153 cm³/mol. The van der Waals surface area contributed by atoms with E-state index >= 15 is 0 Å². The van der Waals surface area contributed by atoms with Gasteiger partial charge in [-0.2, -0.15) is 0 Å². The van der Waals surface area contributed by atoms with Gasteiger partial charge in [0.2, 0.25) is 5.75 Å². The molecule has 0 spiro atoms. The second-order valence-corrected chi connectivity index (χ2v) is 10.2. The lowest BCUT2D eigenvalue weighted by molar-refractivity contribution is -0.394. The Kier molecular flexibility index (Phi) is 8.15. The van der Waals surface area contributed by atoms with Gasteiger partial charge in [0, 0.05) is 10.5 Å². The van der Waals surface area contributed by atoms with E-state index in [0.29, 0.717) is 9.13 Å². The van der Waals surface area contributed by atoms with Crippen molar-refractivity contribution < 1.29 is 33.7 Å². The first kappa shape index (κ1) is 28.6. The van der Waals surface area contributed by atoms with Crippen LogP contribution in [0.1, 0.15) is 11.1 Å². The van der Waals surface area contributed by atoms with Crippen LogP contribution in [0.4, 0.5) is 21.9 Å². The minimum atomic E-state index is -0.894. The molecular weight excluding hydrogens is 707 g/mol. The number of ether oxygens (including phenoxy) is 2. The zero-order valence-corrected chi connectivity index (χ0v) is 24.2. The number of hydrogen-bond acceptors (Lipinski definition) is 9. The maximum absolute atomic E-state index is 13.3. The Bertz CT molecular complexity index is 1660. The SMILES string of the molecule is COc1cc(/C=C2/C(=O)NC(=O)N(c3ccc(Br)c(C)c3)C2=O)cc(I)c1Oc1ccc([N+](=O)[O-])cc1[N+](=O)[O-]. The molecule has 13 nitrogen and oxygen atoms in total. The molecule has 4 rings (SSSR count). The summed E-state index contributed by atoms with van der Waals surface area (Å²) < 4.78 is 12.3. The quantitative estimate of drug-likeness (QED) is 0.106. The molecule has 1 aliphatic heterocycles. The number of amides is 4. The molecule has 15 heteroatoms. The van der Waals surface area contributed by atoms with Gasteiger partial charge >= 0.3 is 11.7 Å². The number of rotatable bonds is 7. The van der Waals surface area contributed by atoms with E-state index < -0.39 is 39.1 Å². The van der Waals surface area contributed by atoms with E-state index in [-0.39, 0.29) is 28.5 Å². The summed E-state index contributed by atoms with van der Waals surface area (Å²) in [7, 11) is 1.31. The van der Waals surface area contributed by atoms with Gasteiger partial charge in [0.25, 0.3) is 17.5 Å². The third-order valence-corrected chi connectivity index (χ3v) is 7.32. The fraction of sp³-hybridized carbons (Fsp3) is 0.0800. The third-order valence-electron chi connectivity index (χ3n) is 5.63. The van der Waals surface area contributed by atoms with Crippen LogP contribution >= 0.6 is 38.5 Å². The molecule has 0 bridgehead atoms. The fourth-order valence-electron chi connectivity index (χ4n) is 3.71. The molecule has 0 saturated carbocycles. The molecule has 1 saturated heterocycles. The maximum atomic E-state index is 13.3. The summed E-state index contributed by atoms with van der Waals surface area (Å²) in [6, 6.07) is 9.83. The number of benzene rings is 3. The first-order valence-electron chi connectivity index (χ1n) is 11.1. The van der Waals surface area contributed by atoms with Gasteiger partial charge in [0.05, 0.1) is 32.3 Å². The lowest BCUT2D eigenvalue weighted by atomic mass is 10.1. The van der Waals surface area contributed by atoms with Crippen LogP contribution in [0, 0.1) is 30.7 Å². The number of barbiturate groups is 1. The third kappa shape index (κ3) is 5.64. The van der Waals surface area contributed by atoms with E-state index in [1.165, 1.54) is 25.3 Å². The normalized spacial score (nSPS) is 14.2. The van der Waals surface area contributed by atoms with E-state index in [2.05, 4.69) is 21.2 Å². The summed E-state index contributed by atoms with van der Waals surface area (Å²) in [4.78, 5) is 60.2. The number of hydrogen-bond donors (Lipinski definition) is 1. The number of nitro benzene ring substituents is 2. The number of carbonyl (C=O) groups excluding carboxylic acids is 3. The van der Waals surface area contributed by atoms with E-state index in [9.17, 15) is 34.6 Å². The number of nitrogens with one attached hydrogen (secondary N) is 1. The lowest BCUT2D eigenvalue weighted by Crippen LogP contribution is -2.54. The molecule has 3 aromatic rings. The number of halogens is 2. The van der Waals surface area contributed by atoms with Crippen molar-refractivity contribution in [3.63, 3.8) is 0 Å². The second-order valence-electron chi connectivity index (χ2n) is 8.19. The molecule has 40 heavy (non-hydrogen) atoms. The van der Waals surface area contributed by atoms with Crippen molar-refractivity contribution in [3.8, 4) is 17.2 Å². The Hall–Kier alpha value is -4.38. The summed E-state index contributed by atoms with van der Waals surface area (Å²) in [6.07, 6.45) is 1.27. The number of anilines is 1. The maximum Gasteiger partial charge on any atom is 0.335 e. The number of aryl methyl sites for hydroxylation is 1. The molecule has 3 aromatic carbocycles. The van der Waals surface area contributed by atoms with Crippen LogP contribution in [0.2, 0.25) is 0 Å². The molecule has 0 aliphatic carbocycles. The van der Waals surface area contributed by atoms with Crippen LogP contribution in [-0.2, 0) is 9.59 Å². The topological polar surface area (TPSA) is 171 Å². The molecule has 1 N–H and O–H groups in total. The highest BCUT2D eigenvalue weighted by molar-refractivity contribution is 14.1. The summed E-state index contributed by atoms with van der Waals surface area (Å²) in [5, 5.41) is 24.7. The van der Waals surface area contributed by atoms with E-state index in [4.69, 9.17) is 9.47 Å². The predicted octanol–water partition coefficient (Wildman–Crippen LogP) is 5.65. The number of imide groups is 2. The minimum Gasteiger partial charge on any atom is -0.493 e. The van der Waals surface area contributed by atoms with Crippen LogP contribution in [-0.4, -0.2) is 34.8 Å². The number of nitro groups is 2. The molecular formula is C25H16BrIN4O9. The fourth-order valence-corrected chi connectivity index (χ4v) is 4.69. The van der Waals surface area contributed by atoms with E-state index in [0.717, 1.165) is 33.1 Å². The highest BCUT2D eigenvalue weighted by Gasteiger charge is 2.37. The van der Waals surface area contributed by atoms with Gasteiger partial charge in [-0.3, -0.25) is 35.1 Å². The van der Waals surface area contributed by atoms with Crippen LogP contribution in [0.25, 0.3) is 6.08 Å². The lowest BCUT2D eigenvalue weighted by Gasteiger charge is -2.26. The summed E-state index contributed by atoms with van der Waals surface area (Å²) in [5.41, 5.74) is -0.0743. The number of non-ortho nitro benzene ring substituents is 1. The molecule has 0 unspecified atom stereocenters. The van der Waals surface area contributed by atoms with Crippen LogP contribution in [0.5, 0.6) is 17.2 Å². The van der Waals surface area contributed by atoms with Crippen molar-refractivity contribution in [3.05, 3.63) is 93.5 Å². The smallest absolute Gasteiger partial charge is 0.335 e. The highest BCUT2D eigenvalue weighted by atomic mass is 127. The Morgan fingerprint density at radius 2 is 1.73 bits per heavy atom. The minimum absolute atomic E-state index is 0.0590. The van der Waals surface area contributed by atoms with Crippen molar-refractivity contribution >= 4 is 79.5 Å². The van der Waals surface area contributed by atoms with Crippen molar-refractivity contribution in [1.82, 2.24) is 5.32 Å². The molecule has 0 radical (unpaired) electrons. The standard InChI is InChI=1S/C25H16BrIN4O9/c1-12-7-14(3-5-17(12)26)29-24(33)16(23(32)28-25(29)34)8-13-9-18(27)22(21(10-13)39-2)40-20-6-4-15(30(35)36)11-19(20)31(37)38/h3-11H,1-2H3,(H,28,32,34)/b16-8-. The van der Waals surface area contributed by atoms with Gasteiger partial charge in [-0.15, -0.1) is 0 Å². The van der Waals surface area contributed by atoms with Crippen molar-refractivity contribution in [2.45, 2.75) is 6.92 Å². The highest BCUT2D eigenvalue weighted by Crippen LogP contribution is 2.41. The monoisotopic (exact) mass is 722 g/mol. The van der Waals surface area contributed by atoms with Gasteiger partial charge in [-0.1, -0.05) is 15.9 Å². The summed E-state index contributed by atoms with van der Waals surface area (Å²) in [5.74, 6) is -1.85. The number of urea groups is 1. The first-order chi connectivity index (χ1) is 18.9. The zero-order valence-electron chi connectivity index (χ0n) is 20.5. The molecule has 1 aliphatic rings. The van der Waals surface area contributed by atoms with Crippen LogP contribution < -0.4 is 19.7 Å². The number of methoxy groups -OCH3 is 1. The van der Waals surface area contributed by atoms with Gasteiger partial charge < -0.3 is 9.47 Å². The molecule has 4 amide bonds. The van der Waals surface area contributed by atoms with Gasteiger partial charge in [0.15, 0.2) is 11.5 Å². The van der Waals surface area contributed by atoms with Crippen LogP contribution in [0.3, 0.4) is 0 Å².